The fourth-order valence-corrected chi connectivity index (χ4v) is 2.44. The van der Waals surface area contributed by atoms with Crippen molar-refractivity contribution in [3.05, 3.63) is 10.1 Å². The maximum Gasteiger partial charge on any atom is 0.339 e. The molecular weight excluding hydrogens is 256 g/mol. The molecule has 1 heterocycles. The molecule has 0 N–H and O–H groups in total. The summed E-state index contributed by atoms with van der Waals surface area (Å²) in [5, 5.41) is 0. The second kappa shape index (κ2) is 6.31. The van der Waals surface area contributed by atoms with Crippen LogP contribution >= 0.6 is 15.9 Å². The van der Waals surface area contributed by atoms with E-state index in [0.717, 1.165) is 29.3 Å². The lowest BCUT2D eigenvalue weighted by Crippen LogP contribution is -2.36. The zero-order valence-corrected chi connectivity index (χ0v) is 11.1. The second-order valence-electron chi connectivity index (χ2n) is 3.93. The highest BCUT2D eigenvalue weighted by Gasteiger charge is 2.36. The summed E-state index contributed by atoms with van der Waals surface area (Å²) in [6.45, 7) is 4.23. The zero-order chi connectivity index (χ0) is 11.3. The molecule has 86 valence electrons. The molecule has 1 aliphatic rings. The number of hydrogen-bond acceptors (Lipinski definition) is 2. The predicted molar refractivity (Wildman–Crippen MR) is 64.9 cm³/mol. The first-order valence-corrected chi connectivity index (χ1v) is 6.59. The Morgan fingerprint density at radius 2 is 2.07 bits per heavy atom. The Balaban J connectivity index is 2.39. The fourth-order valence-electron chi connectivity index (χ4n) is 1.74. The molecule has 0 aromatic carbocycles. The molecule has 0 amide bonds. The molecule has 2 nitrogen and oxygen atoms in total. The first-order chi connectivity index (χ1) is 7.20. The molecule has 0 aromatic rings. The van der Waals surface area contributed by atoms with Crippen molar-refractivity contribution >= 4 is 21.9 Å². The molecule has 0 spiro atoms. The van der Waals surface area contributed by atoms with Crippen LogP contribution in [0.25, 0.3) is 0 Å². The number of esters is 1. The number of halogens is 1. The SMILES string of the molecule is CCCCCC/C(Br)=C1/C(=O)OC1CC. The van der Waals surface area contributed by atoms with Crippen molar-refractivity contribution in [2.75, 3.05) is 0 Å². The van der Waals surface area contributed by atoms with Gasteiger partial charge < -0.3 is 4.74 Å². The molecule has 15 heavy (non-hydrogen) atoms. The highest BCUT2D eigenvalue weighted by atomic mass is 79.9. The fraction of sp³-hybridized carbons (Fsp3) is 0.750. The first-order valence-electron chi connectivity index (χ1n) is 5.80. The van der Waals surface area contributed by atoms with Crippen molar-refractivity contribution in [1.82, 2.24) is 0 Å². The largest absolute Gasteiger partial charge is 0.454 e. The molecule has 1 fully saturated rings. The smallest absolute Gasteiger partial charge is 0.339 e. The lowest BCUT2D eigenvalue weighted by molar-refractivity contribution is -0.156. The van der Waals surface area contributed by atoms with Gasteiger partial charge in [-0.2, -0.15) is 0 Å². The number of ether oxygens (including phenoxy) is 1. The van der Waals surface area contributed by atoms with E-state index in [1.165, 1.54) is 19.3 Å². The molecule has 1 rings (SSSR count). The summed E-state index contributed by atoms with van der Waals surface area (Å²) in [7, 11) is 0. The van der Waals surface area contributed by atoms with Crippen LogP contribution in [0.1, 0.15) is 52.4 Å². The number of unbranched alkanes of at least 4 members (excludes halogenated alkanes) is 3. The van der Waals surface area contributed by atoms with Gasteiger partial charge in [-0.3, -0.25) is 0 Å². The van der Waals surface area contributed by atoms with Crippen LogP contribution in [-0.4, -0.2) is 12.1 Å². The average Bonchev–Trinajstić information content (AvgIpc) is 2.20. The van der Waals surface area contributed by atoms with E-state index in [9.17, 15) is 4.79 Å². The Morgan fingerprint density at radius 1 is 1.33 bits per heavy atom. The molecule has 1 atom stereocenters. The van der Waals surface area contributed by atoms with Gasteiger partial charge in [-0.25, -0.2) is 4.79 Å². The van der Waals surface area contributed by atoms with Gasteiger partial charge in [0.25, 0.3) is 0 Å². The third kappa shape index (κ3) is 3.33. The number of allylic oxidation sites excluding steroid dienone is 1. The van der Waals surface area contributed by atoms with Crippen LogP contribution in [0.5, 0.6) is 0 Å². The van der Waals surface area contributed by atoms with Gasteiger partial charge in [0.2, 0.25) is 0 Å². The number of carbonyl (C=O) groups excluding carboxylic acids is 1. The van der Waals surface area contributed by atoms with Crippen LogP contribution in [0.4, 0.5) is 0 Å². The Kier molecular flexibility index (Phi) is 5.37. The molecule has 0 bridgehead atoms. The standard InChI is InChI=1S/C12H19BrO2/c1-3-5-6-7-8-9(13)11-10(4-2)15-12(11)14/h10H,3-8H2,1-2H3/b11-9-. The third-order valence-corrected chi connectivity index (χ3v) is 3.53. The molecule has 1 aliphatic heterocycles. The first kappa shape index (κ1) is 12.8. The Hall–Kier alpha value is -0.310. The van der Waals surface area contributed by atoms with E-state index in [-0.39, 0.29) is 12.1 Å². The van der Waals surface area contributed by atoms with Gasteiger partial charge in [-0.15, -0.1) is 0 Å². The lowest BCUT2D eigenvalue weighted by Gasteiger charge is -2.29. The van der Waals surface area contributed by atoms with Gasteiger partial charge in [0.05, 0.1) is 5.57 Å². The van der Waals surface area contributed by atoms with Crippen LogP contribution in [0.3, 0.4) is 0 Å². The molecule has 3 heteroatoms. The van der Waals surface area contributed by atoms with Gasteiger partial charge >= 0.3 is 5.97 Å². The van der Waals surface area contributed by atoms with Gasteiger partial charge in [0.15, 0.2) is 0 Å². The highest BCUT2D eigenvalue weighted by molar-refractivity contribution is 9.11. The van der Waals surface area contributed by atoms with Crippen LogP contribution in [0, 0.1) is 0 Å². The third-order valence-electron chi connectivity index (χ3n) is 2.70. The molecule has 1 saturated heterocycles. The van der Waals surface area contributed by atoms with Crippen molar-refractivity contribution in [3.8, 4) is 0 Å². The topological polar surface area (TPSA) is 26.3 Å². The Morgan fingerprint density at radius 3 is 2.60 bits per heavy atom. The van der Waals surface area contributed by atoms with E-state index in [1.807, 2.05) is 6.92 Å². The molecule has 1 unspecified atom stereocenters. The maximum absolute atomic E-state index is 11.2. The minimum atomic E-state index is -0.135. The number of hydrogen-bond donors (Lipinski definition) is 0. The quantitative estimate of drug-likeness (QED) is 0.417. The van der Waals surface area contributed by atoms with Gasteiger partial charge in [-0.1, -0.05) is 49.0 Å². The van der Waals surface area contributed by atoms with E-state index < -0.39 is 0 Å². The van der Waals surface area contributed by atoms with Crippen LogP contribution < -0.4 is 0 Å². The number of cyclic esters (lactones) is 1. The normalized spacial score (nSPS) is 23.4. The maximum atomic E-state index is 11.2. The zero-order valence-electron chi connectivity index (χ0n) is 9.51. The predicted octanol–water partition coefficient (Wildman–Crippen LogP) is 3.94. The van der Waals surface area contributed by atoms with Crippen LogP contribution in [-0.2, 0) is 9.53 Å². The minimum Gasteiger partial charge on any atom is -0.454 e. The lowest BCUT2D eigenvalue weighted by atomic mass is 10.00. The van der Waals surface area contributed by atoms with Crippen LogP contribution in [0.15, 0.2) is 10.1 Å². The van der Waals surface area contributed by atoms with E-state index >= 15 is 0 Å². The summed E-state index contributed by atoms with van der Waals surface area (Å²) in [5.41, 5.74) is 0.869. The molecule has 0 saturated carbocycles. The average molecular weight is 275 g/mol. The summed E-state index contributed by atoms with van der Waals surface area (Å²) < 4.78 is 6.08. The molecular formula is C12H19BrO2. The van der Waals surface area contributed by atoms with Gasteiger partial charge in [-0.05, 0) is 19.3 Å². The van der Waals surface area contributed by atoms with Gasteiger partial charge in [0.1, 0.15) is 6.10 Å². The van der Waals surface area contributed by atoms with E-state index in [1.54, 1.807) is 0 Å². The molecule has 0 aromatic heterocycles. The second-order valence-corrected chi connectivity index (χ2v) is 4.89. The monoisotopic (exact) mass is 274 g/mol. The van der Waals surface area contributed by atoms with E-state index in [0.29, 0.717) is 0 Å². The summed E-state index contributed by atoms with van der Waals surface area (Å²) in [4.78, 5) is 11.2. The number of rotatable bonds is 6. The van der Waals surface area contributed by atoms with Gasteiger partial charge in [0, 0.05) is 4.48 Å². The van der Waals surface area contributed by atoms with Crippen LogP contribution in [0.2, 0.25) is 0 Å². The number of carbonyl (C=O) groups is 1. The minimum absolute atomic E-state index is 0.0399. The van der Waals surface area contributed by atoms with Crippen molar-refractivity contribution in [1.29, 1.82) is 0 Å². The van der Waals surface area contributed by atoms with Crippen molar-refractivity contribution < 1.29 is 9.53 Å². The Labute approximate surface area is 100 Å². The van der Waals surface area contributed by atoms with Crippen molar-refractivity contribution in [2.24, 2.45) is 0 Å². The molecule has 0 radical (unpaired) electrons. The summed E-state index contributed by atoms with van der Waals surface area (Å²) in [5.74, 6) is -0.135. The summed E-state index contributed by atoms with van der Waals surface area (Å²) >= 11 is 3.51. The highest BCUT2D eigenvalue weighted by Crippen LogP contribution is 2.32. The Bertz CT molecular complexity index is 258. The van der Waals surface area contributed by atoms with Crippen molar-refractivity contribution in [3.63, 3.8) is 0 Å². The summed E-state index contributed by atoms with van der Waals surface area (Å²) in [6.07, 6.45) is 6.81. The van der Waals surface area contributed by atoms with E-state index in [2.05, 4.69) is 22.9 Å². The van der Waals surface area contributed by atoms with Crippen molar-refractivity contribution in [2.45, 2.75) is 58.5 Å². The van der Waals surface area contributed by atoms with E-state index in [4.69, 9.17) is 4.74 Å². The summed E-state index contributed by atoms with van der Waals surface area (Å²) in [6, 6.07) is 0. The molecule has 0 aliphatic carbocycles.